The van der Waals surface area contributed by atoms with Crippen LogP contribution in [-0.2, 0) is 21.1 Å². The van der Waals surface area contributed by atoms with E-state index in [2.05, 4.69) is 46.6 Å². The number of benzene rings is 3. The second-order valence-corrected chi connectivity index (χ2v) is 4.80. The quantitative estimate of drug-likeness (QED) is 0.421. The van der Waals surface area contributed by atoms with Crippen LogP contribution in [0.3, 0.4) is 0 Å². The molecule has 1 aromatic heterocycles. The Morgan fingerprint density at radius 3 is 2.55 bits per heavy atom. The van der Waals surface area contributed by atoms with Crippen LogP contribution >= 0.6 is 0 Å². The molecule has 4 rings (SSSR count). The third-order valence-corrected chi connectivity index (χ3v) is 3.52. The van der Waals surface area contributed by atoms with Crippen LogP contribution in [0, 0.1) is 6.07 Å². The van der Waals surface area contributed by atoms with E-state index in [9.17, 15) is 0 Å². The largest absolute Gasteiger partial charge is 0.322 e. The SMILES string of the molecule is [Pt].[c-]1ccccc1-c1nncn1-c1cccc2ccccc12. The van der Waals surface area contributed by atoms with Crippen LogP contribution in [0.5, 0.6) is 0 Å². The Kier molecular flexibility index (Phi) is 4.17. The Hall–Kier alpha value is -2.25. The Balaban J connectivity index is 0.00000144. The van der Waals surface area contributed by atoms with Crippen molar-refractivity contribution in [3.63, 3.8) is 0 Å². The fourth-order valence-electron chi connectivity index (χ4n) is 2.55. The summed E-state index contributed by atoms with van der Waals surface area (Å²) in [6, 6.07) is 25.6. The van der Waals surface area contributed by atoms with Gasteiger partial charge in [-0.3, -0.25) is 0 Å². The van der Waals surface area contributed by atoms with E-state index >= 15 is 0 Å². The first-order chi connectivity index (χ1) is 10.4. The molecule has 22 heavy (non-hydrogen) atoms. The summed E-state index contributed by atoms with van der Waals surface area (Å²) in [4.78, 5) is 0. The number of nitrogens with zero attached hydrogens (tertiary/aromatic N) is 3. The summed E-state index contributed by atoms with van der Waals surface area (Å²) in [5.74, 6) is 0.798. The van der Waals surface area contributed by atoms with E-state index in [-0.39, 0.29) is 21.1 Å². The zero-order valence-electron chi connectivity index (χ0n) is 11.6. The molecule has 0 amide bonds. The van der Waals surface area contributed by atoms with Crippen molar-refractivity contribution in [3.8, 4) is 17.1 Å². The summed E-state index contributed by atoms with van der Waals surface area (Å²) in [7, 11) is 0. The smallest absolute Gasteiger partial charge is 0.114 e. The van der Waals surface area contributed by atoms with Crippen molar-refractivity contribution < 1.29 is 21.1 Å². The minimum absolute atomic E-state index is 0. The topological polar surface area (TPSA) is 30.7 Å². The molecule has 0 N–H and O–H groups in total. The standard InChI is InChI=1S/C18H12N3.Pt/c1-2-8-15(9-3-1)18-20-19-13-21(18)17-12-6-10-14-7-4-5-11-16(14)17;/h1-8,10-13H;/q-1;. The van der Waals surface area contributed by atoms with Crippen LogP contribution in [0.1, 0.15) is 0 Å². The molecule has 0 saturated carbocycles. The molecular formula is C18H12N3Pt-. The minimum Gasteiger partial charge on any atom is -0.322 e. The van der Waals surface area contributed by atoms with E-state index in [4.69, 9.17) is 0 Å². The Morgan fingerprint density at radius 1 is 0.864 bits per heavy atom. The van der Waals surface area contributed by atoms with Crippen molar-refractivity contribution in [2.75, 3.05) is 0 Å². The molecule has 3 aromatic carbocycles. The molecule has 0 fully saturated rings. The first-order valence-corrected chi connectivity index (χ1v) is 6.79. The van der Waals surface area contributed by atoms with Crippen molar-refractivity contribution in [2.45, 2.75) is 0 Å². The summed E-state index contributed by atoms with van der Waals surface area (Å²) >= 11 is 0. The summed E-state index contributed by atoms with van der Waals surface area (Å²) in [6.07, 6.45) is 1.75. The van der Waals surface area contributed by atoms with Gasteiger partial charge >= 0.3 is 0 Å². The fraction of sp³-hybridized carbons (Fsp3) is 0. The maximum absolute atomic E-state index is 4.25. The van der Waals surface area contributed by atoms with E-state index in [1.54, 1.807) is 6.33 Å². The van der Waals surface area contributed by atoms with Crippen LogP contribution in [0.4, 0.5) is 0 Å². The summed E-state index contributed by atoms with van der Waals surface area (Å²) < 4.78 is 2.01. The van der Waals surface area contributed by atoms with Gasteiger partial charge < -0.3 is 4.57 Å². The van der Waals surface area contributed by atoms with Gasteiger partial charge in [0.1, 0.15) is 6.33 Å². The number of hydrogen-bond acceptors (Lipinski definition) is 2. The molecule has 0 spiro atoms. The van der Waals surface area contributed by atoms with Gasteiger partial charge in [-0.25, -0.2) is 0 Å². The number of hydrogen-bond donors (Lipinski definition) is 0. The normalized spacial score (nSPS) is 10.4. The zero-order valence-corrected chi connectivity index (χ0v) is 13.9. The molecule has 0 unspecified atom stereocenters. The molecule has 4 heteroatoms. The Bertz CT molecular complexity index is 895. The second-order valence-electron chi connectivity index (χ2n) is 4.80. The van der Waals surface area contributed by atoms with Gasteiger partial charge in [0.15, 0.2) is 0 Å². The molecule has 1 heterocycles. The van der Waals surface area contributed by atoms with Gasteiger partial charge in [-0.1, -0.05) is 36.4 Å². The van der Waals surface area contributed by atoms with Crippen molar-refractivity contribution in [1.82, 2.24) is 14.8 Å². The summed E-state index contributed by atoms with van der Waals surface area (Å²) in [5.41, 5.74) is 2.01. The van der Waals surface area contributed by atoms with Crippen molar-refractivity contribution >= 4 is 10.8 Å². The molecule has 0 radical (unpaired) electrons. The van der Waals surface area contributed by atoms with Crippen LogP contribution in [-0.4, -0.2) is 14.8 Å². The number of aromatic nitrogens is 3. The number of rotatable bonds is 2. The first kappa shape index (κ1) is 14.7. The van der Waals surface area contributed by atoms with E-state index in [0.717, 1.165) is 17.1 Å². The maximum Gasteiger partial charge on any atom is 0.114 e. The van der Waals surface area contributed by atoms with Gasteiger partial charge in [0.25, 0.3) is 0 Å². The predicted octanol–water partition coefficient (Wildman–Crippen LogP) is 3.89. The van der Waals surface area contributed by atoms with Crippen LogP contribution < -0.4 is 0 Å². The average molecular weight is 465 g/mol. The Labute approximate surface area is 142 Å². The maximum atomic E-state index is 4.25. The van der Waals surface area contributed by atoms with E-state index < -0.39 is 0 Å². The van der Waals surface area contributed by atoms with Gasteiger partial charge in [-0.15, -0.1) is 41.0 Å². The first-order valence-electron chi connectivity index (χ1n) is 6.79. The van der Waals surface area contributed by atoms with Crippen LogP contribution in [0.2, 0.25) is 0 Å². The van der Waals surface area contributed by atoms with E-state index in [1.165, 1.54) is 10.8 Å². The third-order valence-electron chi connectivity index (χ3n) is 3.52. The summed E-state index contributed by atoms with van der Waals surface area (Å²) in [5, 5.41) is 10.7. The average Bonchev–Trinajstić information content (AvgIpc) is 3.04. The monoisotopic (exact) mass is 465 g/mol. The molecule has 0 aliphatic heterocycles. The van der Waals surface area contributed by atoms with Crippen LogP contribution in [0.25, 0.3) is 27.8 Å². The van der Waals surface area contributed by atoms with Crippen molar-refractivity contribution in [2.24, 2.45) is 0 Å². The molecule has 0 bridgehead atoms. The van der Waals surface area contributed by atoms with Crippen molar-refractivity contribution in [1.29, 1.82) is 0 Å². The van der Waals surface area contributed by atoms with Gasteiger partial charge in [0, 0.05) is 32.1 Å². The van der Waals surface area contributed by atoms with Crippen molar-refractivity contribution in [3.05, 3.63) is 79.1 Å². The molecule has 4 aromatic rings. The molecule has 0 saturated heterocycles. The Morgan fingerprint density at radius 2 is 1.68 bits per heavy atom. The van der Waals surface area contributed by atoms with Gasteiger partial charge in [0.2, 0.25) is 0 Å². The summed E-state index contributed by atoms with van der Waals surface area (Å²) in [6.45, 7) is 0. The molecule has 0 atom stereocenters. The second kappa shape index (κ2) is 6.25. The predicted molar refractivity (Wildman–Crippen MR) is 83.1 cm³/mol. The molecule has 0 aliphatic carbocycles. The van der Waals surface area contributed by atoms with Crippen LogP contribution in [0.15, 0.2) is 73.1 Å². The van der Waals surface area contributed by atoms with Gasteiger partial charge in [0.05, 0.1) is 5.82 Å². The minimum atomic E-state index is 0. The van der Waals surface area contributed by atoms with E-state index in [0.29, 0.717) is 0 Å². The fourth-order valence-corrected chi connectivity index (χ4v) is 2.55. The zero-order chi connectivity index (χ0) is 14.1. The molecular weight excluding hydrogens is 453 g/mol. The number of fused-ring (bicyclic) bond motifs is 1. The van der Waals surface area contributed by atoms with E-state index in [1.807, 2.05) is 41.0 Å². The molecule has 0 aliphatic rings. The van der Waals surface area contributed by atoms with Gasteiger partial charge in [-0.05, 0) is 11.5 Å². The third kappa shape index (κ3) is 2.49. The molecule has 3 nitrogen and oxygen atoms in total. The molecule has 110 valence electrons. The van der Waals surface area contributed by atoms with Gasteiger partial charge in [-0.2, -0.15) is 5.10 Å².